The first-order valence-corrected chi connectivity index (χ1v) is 8.46. The van der Waals surface area contributed by atoms with E-state index in [1.165, 1.54) is 0 Å². The van der Waals surface area contributed by atoms with Crippen molar-refractivity contribution in [2.24, 2.45) is 0 Å². The maximum atomic E-state index is 12.3. The number of benzene rings is 2. The van der Waals surface area contributed by atoms with Crippen molar-refractivity contribution < 1.29 is 23.4 Å². The van der Waals surface area contributed by atoms with Crippen molar-refractivity contribution in [3.05, 3.63) is 59.5 Å². The van der Waals surface area contributed by atoms with E-state index in [1.807, 2.05) is 25.1 Å². The molecule has 0 atom stereocenters. The van der Waals surface area contributed by atoms with Gasteiger partial charge in [-0.2, -0.15) is 0 Å². The first-order chi connectivity index (χ1) is 13.2. The highest BCUT2D eigenvalue weighted by Crippen LogP contribution is 2.33. The molecule has 138 valence electrons. The molecule has 27 heavy (non-hydrogen) atoms. The van der Waals surface area contributed by atoms with Crippen LogP contribution in [0.2, 0.25) is 0 Å². The van der Waals surface area contributed by atoms with Gasteiger partial charge < -0.3 is 18.6 Å². The number of amides is 1. The van der Waals surface area contributed by atoms with Gasteiger partial charge in [-0.3, -0.25) is 10.1 Å². The standard InChI is InChI=1S/C19H17N3O5/c1-2-24-14-6-4-13(5-7-14)18(23)20-19-22-21-17(27-19)10-12-3-8-15-16(9-12)26-11-25-15/h3-9H,2,10-11H2,1H3,(H,20,22,23). The Balaban J connectivity index is 1.39. The first kappa shape index (κ1) is 16.9. The molecule has 0 saturated carbocycles. The summed E-state index contributed by atoms with van der Waals surface area (Å²) in [5.41, 5.74) is 1.40. The van der Waals surface area contributed by atoms with Gasteiger partial charge >= 0.3 is 6.01 Å². The molecule has 0 spiro atoms. The molecule has 1 aliphatic rings. The van der Waals surface area contributed by atoms with Gasteiger partial charge in [-0.15, -0.1) is 5.10 Å². The van der Waals surface area contributed by atoms with E-state index in [1.54, 1.807) is 24.3 Å². The second-order valence-corrected chi connectivity index (χ2v) is 5.78. The minimum Gasteiger partial charge on any atom is -0.494 e. The first-order valence-electron chi connectivity index (χ1n) is 8.46. The number of nitrogens with zero attached hydrogens (tertiary/aromatic N) is 2. The molecule has 2 heterocycles. The van der Waals surface area contributed by atoms with Crippen LogP contribution in [0.3, 0.4) is 0 Å². The Morgan fingerprint density at radius 1 is 1.11 bits per heavy atom. The van der Waals surface area contributed by atoms with E-state index in [4.69, 9.17) is 18.6 Å². The molecule has 1 amide bonds. The maximum Gasteiger partial charge on any atom is 0.322 e. The van der Waals surface area contributed by atoms with Crippen LogP contribution in [-0.4, -0.2) is 29.5 Å². The number of ether oxygens (including phenoxy) is 3. The Labute approximate surface area is 155 Å². The van der Waals surface area contributed by atoms with Crippen LogP contribution in [0.15, 0.2) is 46.9 Å². The van der Waals surface area contributed by atoms with Gasteiger partial charge in [0.2, 0.25) is 12.7 Å². The molecule has 8 heteroatoms. The average Bonchev–Trinajstić information content (AvgIpc) is 3.31. The Morgan fingerprint density at radius 2 is 1.93 bits per heavy atom. The van der Waals surface area contributed by atoms with Crippen LogP contribution in [0.1, 0.15) is 28.7 Å². The molecule has 8 nitrogen and oxygen atoms in total. The largest absolute Gasteiger partial charge is 0.494 e. The third-order valence-electron chi connectivity index (χ3n) is 3.91. The van der Waals surface area contributed by atoms with Crippen molar-refractivity contribution in [1.29, 1.82) is 0 Å². The summed E-state index contributed by atoms with van der Waals surface area (Å²) >= 11 is 0. The third-order valence-corrected chi connectivity index (χ3v) is 3.91. The maximum absolute atomic E-state index is 12.3. The molecule has 0 aliphatic carbocycles. The van der Waals surface area contributed by atoms with Crippen LogP contribution >= 0.6 is 0 Å². The summed E-state index contributed by atoms with van der Waals surface area (Å²) in [5.74, 6) is 2.16. The zero-order valence-corrected chi connectivity index (χ0v) is 14.6. The fourth-order valence-corrected chi connectivity index (χ4v) is 2.64. The van der Waals surface area contributed by atoms with Crippen LogP contribution in [0, 0.1) is 0 Å². The fourth-order valence-electron chi connectivity index (χ4n) is 2.64. The molecule has 0 fully saturated rings. The van der Waals surface area contributed by atoms with Crippen molar-refractivity contribution in [2.45, 2.75) is 13.3 Å². The van der Waals surface area contributed by atoms with Gasteiger partial charge in [0, 0.05) is 5.56 Å². The molecule has 1 aromatic heterocycles. The van der Waals surface area contributed by atoms with Crippen molar-refractivity contribution in [3.8, 4) is 17.2 Å². The van der Waals surface area contributed by atoms with Gasteiger partial charge in [0.05, 0.1) is 13.0 Å². The summed E-state index contributed by atoms with van der Waals surface area (Å²) in [6, 6.07) is 12.5. The third kappa shape index (κ3) is 3.84. The Bertz CT molecular complexity index is 952. The Morgan fingerprint density at radius 3 is 2.74 bits per heavy atom. The number of carbonyl (C=O) groups excluding carboxylic acids is 1. The normalized spacial score (nSPS) is 12.0. The summed E-state index contributed by atoms with van der Waals surface area (Å²) < 4.78 is 21.5. The highest BCUT2D eigenvalue weighted by Gasteiger charge is 2.16. The minimum atomic E-state index is -0.337. The van der Waals surface area contributed by atoms with Crippen LogP contribution in [0.25, 0.3) is 0 Å². The van der Waals surface area contributed by atoms with Gasteiger partial charge in [0.25, 0.3) is 5.91 Å². The number of nitrogens with one attached hydrogen (secondary N) is 1. The molecule has 4 rings (SSSR count). The molecule has 1 aliphatic heterocycles. The molecular weight excluding hydrogens is 350 g/mol. The van der Waals surface area contributed by atoms with E-state index in [2.05, 4.69) is 15.5 Å². The number of rotatable bonds is 6. The summed E-state index contributed by atoms with van der Waals surface area (Å²) in [6.07, 6.45) is 0.419. The second kappa shape index (κ2) is 7.36. The van der Waals surface area contributed by atoms with Gasteiger partial charge in [-0.1, -0.05) is 11.2 Å². The monoisotopic (exact) mass is 367 g/mol. The molecule has 0 radical (unpaired) electrons. The number of carbonyl (C=O) groups is 1. The number of hydrogen-bond donors (Lipinski definition) is 1. The average molecular weight is 367 g/mol. The van der Waals surface area contributed by atoms with Crippen molar-refractivity contribution in [1.82, 2.24) is 10.2 Å². The number of hydrogen-bond acceptors (Lipinski definition) is 7. The van der Waals surface area contributed by atoms with E-state index in [0.717, 1.165) is 5.56 Å². The summed E-state index contributed by atoms with van der Waals surface area (Å²) in [6.45, 7) is 2.69. The quantitative estimate of drug-likeness (QED) is 0.715. The van der Waals surface area contributed by atoms with Gasteiger partial charge in [-0.25, -0.2) is 0 Å². The van der Waals surface area contributed by atoms with Crippen LogP contribution < -0.4 is 19.5 Å². The van der Waals surface area contributed by atoms with Gasteiger partial charge in [0.1, 0.15) is 5.75 Å². The SMILES string of the molecule is CCOc1ccc(C(=O)Nc2nnc(Cc3ccc4c(c3)OCO4)o2)cc1. The highest BCUT2D eigenvalue weighted by molar-refractivity contribution is 6.03. The van der Waals surface area contributed by atoms with Crippen LogP contribution in [-0.2, 0) is 6.42 Å². The molecule has 0 bridgehead atoms. The summed E-state index contributed by atoms with van der Waals surface area (Å²) in [5, 5.41) is 10.4. The lowest BCUT2D eigenvalue weighted by Crippen LogP contribution is -2.12. The van der Waals surface area contributed by atoms with E-state index in [-0.39, 0.29) is 18.7 Å². The summed E-state index contributed by atoms with van der Waals surface area (Å²) in [7, 11) is 0. The molecule has 2 aromatic carbocycles. The number of aromatic nitrogens is 2. The predicted molar refractivity (Wildman–Crippen MR) is 95.2 cm³/mol. The second-order valence-electron chi connectivity index (χ2n) is 5.78. The van der Waals surface area contributed by atoms with Crippen LogP contribution in [0.4, 0.5) is 6.01 Å². The van der Waals surface area contributed by atoms with E-state index in [9.17, 15) is 4.79 Å². The van der Waals surface area contributed by atoms with Gasteiger partial charge in [-0.05, 0) is 48.9 Å². The fraction of sp³-hybridized carbons (Fsp3) is 0.211. The van der Waals surface area contributed by atoms with Crippen molar-refractivity contribution in [3.63, 3.8) is 0 Å². The molecular formula is C19H17N3O5. The topological polar surface area (TPSA) is 95.7 Å². The van der Waals surface area contributed by atoms with E-state index < -0.39 is 0 Å². The zero-order valence-electron chi connectivity index (χ0n) is 14.6. The number of anilines is 1. The van der Waals surface area contributed by atoms with Gasteiger partial charge in [0.15, 0.2) is 11.5 Å². The lowest BCUT2D eigenvalue weighted by molar-refractivity contribution is 0.102. The molecule has 0 unspecified atom stereocenters. The minimum absolute atomic E-state index is 0.0460. The number of fused-ring (bicyclic) bond motifs is 1. The van der Waals surface area contributed by atoms with Crippen molar-refractivity contribution in [2.75, 3.05) is 18.7 Å². The van der Waals surface area contributed by atoms with Crippen LogP contribution in [0.5, 0.6) is 17.2 Å². The predicted octanol–water partition coefficient (Wildman–Crippen LogP) is 3.04. The molecule has 0 saturated heterocycles. The van der Waals surface area contributed by atoms with Crippen molar-refractivity contribution >= 4 is 11.9 Å². The summed E-state index contributed by atoms with van der Waals surface area (Å²) in [4.78, 5) is 12.3. The highest BCUT2D eigenvalue weighted by atomic mass is 16.7. The van der Waals surface area contributed by atoms with E-state index >= 15 is 0 Å². The van der Waals surface area contributed by atoms with E-state index in [0.29, 0.717) is 41.7 Å². The lowest BCUT2D eigenvalue weighted by atomic mass is 10.1. The Hall–Kier alpha value is -3.55. The Kier molecular flexibility index (Phi) is 4.61. The molecule has 3 aromatic rings. The molecule has 1 N–H and O–H groups in total. The zero-order chi connectivity index (χ0) is 18.6. The smallest absolute Gasteiger partial charge is 0.322 e. The lowest BCUT2D eigenvalue weighted by Gasteiger charge is -2.04.